The van der Waals surface area contributed by atoms with Gasteiger partial charge in [0.25, 0.3) is 0 Å². The summed E-state index contributed by atoms with van der Waals surface area (Å²) in [4.78, 5) is 2.51. The van der Waals surface area contributed by atoms with Crippen LogP contribution in [0.3, 0.4) is 0 Å². The van der Waals surface area contributed by atoms with Crippen molar-refractivity contribution in [3.63, 3.8) is 0 Å². The third-order valence-electron chi connectivity index (χ3n) is 4.23. The lowest BCUT2D eigenvalue weighted by Crippen LogP contribution is -2.46. The molecule has 1 aromatic rings. The number of nitrogens with zero attached hydrogens (tertiary/aromatic N) is 1. The van der Waals surface area contributed by atoms with E-state index >= 15 is 0 Å². The van der Waals surface area contributed by atoms with E-state index in [1.165, 1.54) is 6.07 Å². The van der Waals surface area contributed by atoms with Gasteiger partial charge in [0.1, 0.15) is 5.82 Å². The summed E-state index contributed by atoms with van der Waals surface area (Å²) < 4.78 is 19.0. The van der Waals surface area contributed by atoms with Gasteiger partial charge in [-0.15, -0.1) is 0 Å². The lowest BCUT2D eigenvalue weighted by Gasteiger charge is -2.36. The van der Waals surface area contributed by atoms with Crippen LogP contribution in [-0.2, 0) is 4.74 Å². The molecule has 1 fully saturated rings. The Bertz CT molecular complexity index is 427. The van der Waals surface area contributed by atoms with Crippen molar-refractivity contribution in [2.24, 2.45) is 0 Å². The predicted molar refractivity (Wildman–Crippen MR) is 83.9 cm³/mol. The molecule has 0 saturated carbocycles. The van der Waals surface area contributed by atoms with Gasteiger partial charge in [-0.3, -0.25) is 4.90 Å². The van der Waals surface area contributed by atoms with Crippen LogP contribution in [0.2, 0.25) is 0 Å². The average Bonchev–Trinajstić information content (AvgIpc) is 2.51. The highest BCUT2D eigenvalue weighted by Crippen LogP contribution is 2.20. The van der Waals surface area contributed by atoms with Crippen LogP contribution in [0.5, 0.6) is 0 Å². The maximum atomic E-state index is 13.4. The molecule has 118 valence electrons. The third kappa shape index (κ3) is 4.77. The van der Waals surface area contributed by atoms with Crippen molar-refractivity contribution in [1.29, 1.82) is 0 Å². The summed E-state index contributed by atoms with van der Waals surface area (Å²) in [6.45, 7) is 8.87. The molecular formula is C17H27FN2O. The molecule has 1 saturated heterocycles. The quantitative estimate of drug-likeness (QED) is 0.837. The van der Waals surface area contributed by atoms with Crippen LogP contribution >= 0.6 is 0 Å². The van der Waals surface area contributed by atoms with Crippen molar-refractivity contribution in [3.05, 3.63) is 35.6 Å². The molecule has 0 bridgehead atoms. The first-order chi connectivity index (χ1) is 10.2. The molecule has 2 atom stereocenters. The molecule has 3 nitrogen and oxygen atoms in total. The van der Waals surface area contributed by atoms with Gasteiger partial charge in [-0.1, -0.05) is 26.0 Å². The summed E-state index contributed by atoms with van der Waals surface area (Å²) in [6.07, 6.45) is 2.11. The van der Waals surface area contributed by atoms with Gasteiger partial charge >= 0.3 is 0 Å². The molecule has 0 radical (unpaired) electrons. The molecule has 0 aliphatic carbocycles. The average molecular weight is 294 g/mol. The largest absolute Gasteiger partial charge is 0.378 e. The molecule has 1 N–H and O–H groups in total. The zero-order chi connectivity index (χ0) is 15.1. The van der Waals surface area contributed by atoms with E-state index in [4.69, 9.17) is 4.74 Å². The maximum Gasteiger partial charge on any atom is 0.123 e. The highest BCUT2D eigenvalue weighted by atomic mass is 19.1. The van der Waals surface area contributed by atoms with Crippen LogP contribution in [0.25, 0.3) is 0 Å². The van der Waals surface area contributed by atoms with Crippen LogP contribution < -0.4 is 5.32 Å². The van der Waals surface area contributed by atoms with E-state index in [-0.39, 0.29) is 11.9 Å². The van der Waals surface area contributed by atoms with Gasteiger partial charge in [-0.25, -0.2) is 4.39 Å². The van der Waals surface area contributed by atoms with Gasteiger partial charge in [-0.2, -0.15) is 0 Å². The molecule has 2 rings (SSSR count). The number of halogens is 1. The van der Waals surface area contributed by atoms with Crippen molar-refractivity contribution in [3.8, 4) is 0 Å². The minimum Gasteiger partial charge on any atom is -0.378 e. The molecule has 1 aliphatic rings. The van der Waals surface area contributed by atoms with E-state index in [1.807, 2.05) is 6.07 Å². The molecule has 0 aromatic heterocycles. The Morgan fingerprint density at radius 1 is 1.43 bits per heavy atom. The highest BCUT2D eigenvalue weighted by molar-refractivity contribution is 5.20. The highest BCUT2D eigenvalue weighted by Gasteiger charge is 2.22. The topological polar surface area (TPSA) is 24.5 Å². The second-order valence-corrected chi connectivity index (χ2v) is 5.63. The molecule has 1 aliphatic heterocycles. The Balaban J connectivity index is 1.96. The predicted octanol–water partition coefficient (Wildman–Crippen LogP) is 2.98. The number of hydrogen-bond donors (Lipinski definition) is 1. The van der Waals surface area contributed by atoms with Crippen molar-refractivity contribution >= 4 is 0 Å². The van der Waals surface area contributed by atoms with E-state index in [2.05, 4.69) is 24.1 Å². The number of morpholine rings is 1. The summed E-state index contributed by atoms with van der Waals surface area (Å²) in [5, 5.41) is 3.47. The minimum atomic E-state index is -0.159. The van der Waals surface area contributed by atoms with Crippen LogP contribution in [0, 0.1) is 5.82 Å². The number of ether oxygens (including phenoxy) is 1. The third-order valence-corrected chi connectivity index (χ3v) is 4.23. The minimum absolute atomic E-state index is 0.159. The molecule has 4 heteroatoms. The summed E-state index contributed by atoms with van der Waals surface area (Å²) in [5.74, 6) is -0.159. The van der Waals surface area contributed by atoms with Crippen molar-refractivity contribution in [1.82, 2.24) is 10.2 Å². The lowest BCUT2D eigenvalue weighted by atomic mass is 10.0. The number of hydrogen-bond acceptors (Lipinski definition) is 3. The fourth-order valence-electron chi connectivity index (χ4n) is 3.01. The van der Waals surface area contributed by atoms with Gasteiger partial charge in [0.05, 0.1) is 13.2 Å². The van der Waals surface area contributed by atoms with E-state index in [0.717, 1.165) is 51.3 Å². The second kappa shape index (κ2) is 8.47. The Kier molecular flexibility index (Phi) is 6.61. The Labute approximate surface area is 127 Å². The van der Waals surface area contributed by atoms with Gasteiger partial charge in [0.15, 0.2) is 0 Å². The molecule has 0 amide bonds. The Hall–Kier alpha value is -0.970. The van der Waals surface area contributed by atoms with Crippen LogP contribution in [0.15, 0.2) is 24.3 Å². The SMILES string of the molecule is CCNC(CCN1CCOCC1CC)c1cccc(F)c1. The first-order valence-electron chi connectivity index (χ1n) is 8.05. The monoisotopic (exact) mass is 294 g/mol. The zero-order valence-corrected chi connectivity index (χ0v) is 13.1. The molecule has 2 unspecified atom stereocenters. The number of rotatable bonds is 7. The second-order valence-electron chi connectivity index (χ2n) is 5.63. The summed E-state index contributed by atoms with van der Waals surface area (Å²) in [6, 6.07) is 7.68. The number of nitrogens with one attached hydrogen (secondary N) is 1. The van der Waals surface area contributed by atoms with E-state index in [0.29, 0.717) is 6.04 Å². The van der Waals surface area contributed by atoms with Crippen molar-refractivity contribution < 1.29 is 9.13 Å². The molecule has 0 spiro atoms. The first kappa shape index (κ1) is 16.4. The summed E-state index contributed by atoms with van der Waals surface area (Å²) >= 11 is 0. The van der Waals surface area contributed by atoms with E-state index in [1.54, 1.807) is 12.1 Å². The first-order valence-corrected chi connectivity index (χ1v) is 8.05. The van der Waals surface area contributed by atoms with Crippen LogP contribution in [0.4, 0.5) is 4.39 Å². The van der Waals surface area contributed by atoms with Gasteiger partial charge < -0.3 is 10.1 Å². The van der Waals surface area contributed by atoms with Crippen molar-refractivity contribution in [2.75, 3.05) is 32.8 Å². The summed E-state index contributed by atoms with van der Waals surface area (Å²) in [5.41, 5.74) is 1.04. The Morgan fingerprint density at radius 3 is 3.00 bits per heavy atom. The van der Waals surface area contributed by atoms with Gasteiger partial charge in [0.2, 0.25) is 0 Å². The Morgan fingerprint density at radius 2 is 2.29 bits per heavy atom. The normalized spacial score (nSPS) is 21.4. The molecule has 21 heavy (non-hydrogen) atoms. The standard InChI is InChI=1S/C17H27FN2O/c1-3-16-13-21-11-10-20(16)9-8-17(19-4-2)14-6-5-7-15(18)12-14/h5-7,12,16-17,19H,3-4,8-11,13H2,1-2H3. The number of benzene rings is 1. The van der Waals surface area contributed by atoms with Crippen molar-refractivity contribution in [2.45, 2.75) is 38.8 Å². The molecule has 1 aromatic carbocycles. The zero-order valence-electron chi connectivity index (χ0n) is 13.1. The smallest absolute Gasteiger partial charge is 0.123 e. The molecule has 1 heterocycles. The fourth-order valence-corrected chi connectivity index (χ4v) is 3.01. The fraction of sp³-hybridized carbons (Fsp3) is 0.647. The molecular weight excluding hydrogens is 267 g/mol. The van der Waals surface area contributed by atoms with Crippen LogP contribution in [-0.4, -0.2) is 43.8 Å². The maximum absolute atomic E-state index is 13.4. The van der Waals surface area contributed by atoms with E-state index < -0.39 is 0 Å². The van der Waals surface area contributed by atoms with Gasteiger partial charge in [0, 0.05) is 25.2 Å². The van der Waals surface area contributed by atoms with Crippen LogP contribution in [0.1, 0.15) is 38.3 Å². The van der Waals surface area contributed by atoms with E-state index in [9.17, 15) is 4.39 Å². The lowest BCUT2D eigenvalue weighted by molar-refractivity contribution is -0.0100. The summed E-state index contributed by atoms with van der Waals surface area (Å²) in [7, 11) is 0. The van der Waals surface area contributed by atoms with Gasteiger partial charge in [-0.05, 0) is 37.1 Å².